The molecule has 1 fully saturated rings. The average molecular weight is 639 g/mol. The van der Waals surface area contributed by atoms with Crippen LogP contribution in [0.2, 0.25) is 10.0 Å². The van der Waals surface area contributed by atoms with Crippen molar-refractivity contribution in [3.05, 3.63) is 53.9 Å². The summed E-state index contributed by atoms with van der Waals surface area (Å²) >= 11 is 19.6. The van der Waals surface area contributed by atoms with Crippen molar-refractivity contribution in [2.24, 2.45) is 0 Å². The van der Waals surface area contributed by atoms with Crippen molar-refractivity contribution in [2.75, 3.05) is 13.1 Å². The van der Waals surface area contributed by atoms with Gasteiger partial charge in [0.15, 0.2) is 0 Å². The van der Waals surface area contributed by atoms with Crippen molar-refractivity contribution >= 4 is 81.3 Å². The maximum atomic E-state index is 13.0. The van der Waals surface area contributed by atoms with E-state index in [4.69, 9.17) is 23.2 Å². The molecule has 156 valence electrons. The molecular weight excluding hydrogens is 624 g/mol. The molecule has 0 spiro atoms. The molecule has 1 saturated heterocycles. The number of carbonyl (C=O) groups is 2. The average Bonchev–Trinajstić information content (AvgIpc) is 3.42. The number of benzene rings is 1. The Labute approximate surface area is 206 Å². The van der Waals surface area contributed by atoms with Gasteiger partial charge in [-0.2, -0.15) is 0 Å². The minimum atomic E-state index is -0.318. The van der Waals surface area contributed by atoms with Crippen LogP contribution in [-0.2, 0) is 4.79 Å². The molecule has 30 heavy (non-hydrogen) atoms. The molecule has 5 nitrogen and oxygen atoms in total. The zero-order valence-corrected chi connectivity index (χ0v) is 21.9. The van der Waals surface area contributed by atoms with Gasteiger partial charge in [-0.05, 0) is 0 Å². The summed E-state index contributed by atoms with van der Waals surface area (Å²) in [5.74, 6) is -0.472. The van der Waals surface area contributed by atoms with E-state index in [9.17, 15) is 9.59 Å². The van der Waals surface area contributed by atoms with E-state index < -0.39 is 0 Å². The molecule has 0 saturated carbocycles. The van der Waals surface area contributed by atoms with Crippen LogP contribution in [0.15, 0.2) is 38.2 Å². The number of hydrogen-bond donors (Lipinski definition) is 0. The Kier molecular flexibility index (Phi) is 6.92. The van der Waals surface area contributed by atoms with Crippen molar-refractivity contribution in [2.45, 2.75) is 19.3 Å². The van der Waals surface area contributed by atoms with Crippen LogP contribution in [0.3, 0.4) is 0 Å². The Balaban J connectivity index is 1.77. The van der Waals surface area contributed by atoms with Crippen molar-refractivity contribution in [3.63, 3.8) is 0 Å². The van der Waals surface area contributed by atoms with Gasteiger partial charge in [-0.15, -0.1) is 0 Å². The Morgan fingerprint density at radius 1 is 1.10 bits per heavy atom. The van der Waals surface area contributed by atoms with Gasteiger partial charge in [0, 0.05) is 0 Å². The van der Waals surface area contributed by atoms with Gasteiger partial charge in [-0.1, -0.05) is 0 Å². The number of rotatable bonds is 5. The van der Waals surface area contributed by atoms with E-state index in [0.717, 1.165) is 26.3 Å². The molecule has 1 aliphatic heterocycles. The second-order valence-electron chi connectivity index (χ2n) is 6.81. The molecule has 1 aliphatic rings. The number of amides is 1. The second kappa shape index (κ2) is 9.31. The van der Waals surface area contributed by atoms with E-state index in [-0.39, 0.29) is 38.3 Å². The molecule has 3 heterocycles. The Morgan fingerprint density at radius 3 is 2.47 bits per heavy atom. The van der Waals surface area contributed by atoms with E-state index in [1.165, 1.54) is 0 Å². The first-order valence-corrected chi connectivity index (χ1v) is 13.2. The van der Waals surface area contributed by atoms with Crippen LogP contribution in [0.5, 0.6) is 0 Å². The summed E-state index contributed by atoms with van der Waals surface area (Å²) in [4.78, 5) is 27.2. The molecule has 0 bridgehead atoms. The Bertz CT molecular complexity index is 1140. The molecule has 1 aromatic carbocycles. The van der Waals surface area contributed by atoms with Gasteiger partial charge in [0.25, 0.3) is 0 Å². The minimum absolute atomic E-state index is 0.0326. The topological polar surface area (TPSA) is 55.2 Å². The fraction of sp³-hybridized carbons (Fsp3) is 0.250. The third-order valence-corrected chi connectivity index (χ3v) is 9.05. The summed E-state index contributed by atoms with van der Waals surface area (Å²) in [6.07, 6.45) is 1.76. The first-order chi connectivity index (χ1) is 14.3. The van der Waals surface area contributed by atoms with Gasteiger partial charge < -0.3 is 0 Å². The summed E-state index contributed by atoms with van der Waals surface area (Å²) < 4.78 is 4.34. The van der Waals surface area contributed by atoms with Crippen LogP contribution in [0, 0.1) is 0 Å². The Hall–Kier alpha value is -0.891. The van der Waals surface area contributed by atoms with E-state index in [2.05, 4.69) is 37.0 Å². The molecule has 0 N–H and O–H groups in total. The quantitative estimate of drug-likeness (QED) is 0.207. The number of likely N-dealkylation sites (tertiary alicyclic amines) is 1. The van der Waals surface area contributed by atoms with E-state index in [1.807, 2.05) is 12.1 Å². The predicted molar refractivity (Wildman–Crippen MR) is 126 cm³/mol. The van der Waals surface area contributed by atoms with Gasteiger partial charge in [-0.25, -0.2) is 0 Å². The zero-order valence-electron chi connectivity index (χ0n) is 15.5. The van der Waals surface area contributed by atoms with Crippen LogP contribution >= 0.6 is 55.1 Å². The number of carbonyl (C=O) groups excluding carboxylic acids is 2. The zero-order chi connectivity index (χ0) is 21.4. The van der Waals surface area contributed by atoms with E-state index in [0.29, 0.717) is 33.3 Å². The summed E-state index contributed by atoms with van der Waals surface area (Å²) in [7, 11) is 0. The van der Waals surface area contributed by atoms with Crippen molar-refractivity contribution in [1.82, 2.24) is 14.7 Å². The molecule has 0 aliphatic carbocycles. The van der Waals surface area contributed by atoms with Crippen molar-refractivity contribution < 1.29 is 9.59 Å². The third-order valence-electron chi connectivity index (χ3n) is 4.81. The number of ketones is 1. The summed E-state index contributed by atoms with van der Waals surface area (Å²) in [6, 6.07) is 9.11. The molecule has 2 aromatic heterocycles. The van der Waals surface area contributed by atoms with Crippen molar-refractivity contribution in [3.8, 4) is 15.8 Å². The number of aromatic nitrogens is 2. The van der Waals surface area contributed by atoms with Crippen LogP contribution < -0.4 is 0 Å². The first kappa shape index (κ1) is 22.3. The summed E-state index contributed by atoms with van der Waals surface area (Å²) in [5, 5.41) is 5.50. The van der Waals surface area contributed by atoms with Gasteiger partial charge >= 0.3 is 208 Å². The molecule has 4 rings (SSSR count). The van der Waals surface area contributed by atoms with Crippen LogP contribution in [-0.4, -0.2) is 54.0 Å². The molecule has 10 heteroatoms. The summed E-state index contributed by atoms with van der Waals surface area (Å²) in [6.45, 7) is 1.42. The first-order valence-electron chi connectivity index (χ1n) is 9.16. The predicted octanol–water partition coefficient (Wildman–Crippen LogP) is 5.62. The van der Waals surface area contributed by atoms with Crippen LogP contribution in [0.1, 0.15) is 29.8 Å². The maximum absolute atomic E-state index is 13.0. The fourth-order valence-corrected chi connectivity index (χ4v) is 7.47. The van der Waals surface area contributed by atoms with Gasteiger partial charge in [0.05, 0.1) is 0 Å². The normalized spacial score (nSPS) is 13.8. The van der Waals surface area contributed by atoms with Crippen molar-refractivity contribution in [1.29, 1.82) is 0 Å². The SMILES string of the molecule is O=C(CC(=O)N1CCCC1)c1nn(-c2ccc(Cl)cc2Cl)c(-c2ccc(Br)[se]2)c1Br. The molecule has 0 radical (unpaired) electrons. The monoisotopic (exact) mass is 637 g/mol. The van der Waals surface area contributed by atoms with E-state index >= 15 is 0 Å². The standard InChI is InChI=1S/C20H15Br2Cl2N3O2Se/c21-16-6-5-15(30-16)20-18(22)19(14(28)10-17(29)26-7-1-2-8-26)25-27(20)13-4-3-11(23)9-12(13)24/h3-6,9H,1-2,7-8,10H2. The van der Waals surface area contributed by atoms with Crippen LogP contribution in [0.4, 0.5) is 0 Å². The molecule has 3 aromatic rings. The molecule has 1 amide bonds. The number of nitrogens with zero attached hydrogens (tertiary/aromatic N) is 3. The number of halogens is 4. The van der Waals surface area contributed by atoms with Gasteiger partial charge in [-0.3, -0.25) is 0 Å². The van der Waals surface area contributed by atoms with Crippen LogP contribution in [0.25, 0.3) is 15.8 Å². The second-order valence-corrected chi connectivity index (χ2v) is 12.8. The van der Waals surface area contributed by atoms with Gasteiger partial charge in [0.2, 0.25) is 0 Å². The summed E-state index contributed by atoms with van der Waals surface area (Å²) in [5.41, 5.74) is 1.59. The van der Waals surface area contributed by atoms with E-state index in [1.54, 1.807) is 27.8 Å². The third kappa shape index (κ3) is 4.50. The number of Topliss-reactive ketones (excluding diaryl/α,β-unsaturated/α-hetero) is 1. The molecule has 0 atom stereocenters. The molecule has 0 unspecified atom stereocenters. The van der Waals surface area contributed by atoms with Gasteiger partial charge in [0.1, 0.15) is 0 Å². The fourth-order valence-electron chi connectivity index (χ4n) is 3.36. The number of hydrogen-bond acceptors (Lipinski definition) is 3. The Morgan fingerprint density at radius 2 is 1.83 bits per heavy atom. The molecular formula is C20H15Br2Cl2N3O2Se.